The van der Waals surface area contributed by atoms with Gasteiger partial charge in [-0.15, -0.1) is 0 Å². The summed E-state index contributed by atoms with van der Waals surface area (Å²) >= 11 is 0. The maximum atomic E-state index is 5.21. The van der Waals surface area contributed by atoms with Gasteiger partial charge in [-0.2, -0.15) is 0 Å². The van der Waals surface area contributed by atoms with E-state index in [0.29, 0.717) is 0 Å². The van der Waals surface area contributed by atoms with Crippen LogP contribution < -0.4 is 10.6 Å². The van der Waals surface area contributed by atoms with Crippen LogP contribution in [0.15, 0.2) is 27.7 Å². The fourth-order valence-electron chi connectivity index (χ4n) is 3.19. The van der Waals surface area contributed by atoms with E-state index >= 15 is 0 Å². The minimum Gasteiger partial charge on any atom is -0.361 e. The van der Waals surface area contributed by atoms with E-state index in [1.165, 1.54) is 22.3 Å². The Hall–Kier alpha value is -2.30. The number of nitrogens with one attached hydrogen (secondary N) is 2. The summed E-state index contributed by atoms with van der Waals surface area (Å²) < 4.78 is 5.21. The first kappa shape index (κ1) is 20.0. The van der Waals surface area contributed by atoms with Crippen molar-refractivity contribution in [2.75, 3.05) is 19.6 Å². The van der Waals surface area contributed by atoms with Crippen molar-refractivity contribution < 1.29 is 4.52 Å². The number of hydrogen-bond acceptors (Lipinski definition) is 3. The Morgan fingerprint density at radius 3 is 2.38 bits per heavy atom. The largest absolute Gasteiger partial charge is 0.361 e. The smallest absolute Gasteiger partial charge is 0.191 e. The van der Waals surface area contributed by atoms with Gasteiger partial charge in [-0.3, -0.25) is 4.99 Å². The van der Waals surface area contributed by atoms with Crippen LogP contribution in [0.4, 0.5) is 0 Å². The van der Waals surface area contributed by atoms with Gasteiger partial charge in [0.25, 0.3) is 0 Å². The maximum Gasteiger partial charge on any atom is 0.191 e. The molecule has 0 atom stereocenters. The molecule has 0 amide bonds. The molecule has 0 aliphatic rings. The Morgan fingerprint density at radius 1 is 1.04 bits per heavy atom. The molecule has 142 valence electrons. The van der Waals surface area contributed by atoms with E-state index in [1.54, 1.807) is 0 Å². The second kappa shape index (κ2) is 10.00. The molecule has 0 fully saturated rings. The van der Waals surface area contributed by atoms with Gasteiger partial charge in [-0.25, -0.2) is 0 Å². The topological polar surface area (TPSA) is 62.5 Å². The lowest BCUT2D eigenvalue weighted by Crippen LogP contribution is -2.38. The summed E-state index contributed by atoms with van der Waals surface area (Å²) in [6, 6.07) is 6.71. The zero-order valence-electron chi connectivity index (χ0n) is 16.8. The molecule has 1 aromatic heterocycles. The van der Waals surface area contributed by atoms with Crippen LogP contribution in [0.3, 0.4) is 0 Å². The second-order valence-corrected chi connectivity index (χ2v) is 6.84. The lowest BCUT2D eigenvalue weighted by Gasteiger charge is -2.12. The molecule has 2 rings (SSSR count). The van der Waals surface area contributed by atoms with Crippen LogP contribution in [-0.2, 0) is 12.8 Å². The van der Waals surface area contributed by atoms with Gasteiger partial charge < -0.3 is 15.2 Å². The molecule has 0 spiro atoms. The molecular weight excluding hydrogens is 324 g/mol. The summed E-state index contributed by atoms with van der Waals surface area (Å²) in [6.07, 6.45) is 2.93. The highest BCUT2D eigenvalue weighted by molar-refractivity contribution is 5.79. The molecule has 5 nitrogen and oxygen atoms in total. The van der Waals surface area contributed by atoms with Crippen molar-refractivity contribution in [3.63, 3.8) is 0 Å². The predicted octanol–water partition coefficient (Wildman–Crippen LogP) is 3.64. The van der Waals surface area contributed by atoms with E-state index < -0.39 is 0 Å². The summed E-state index contributed by atoms with van der Waals surface area (Å²) in [6.45, 7) is 12.9. The van der Waals surface area contributed by atoms with E-state index in [2.05, 4.69) is 59.8 Å². The molecule has 0 radical (unpaired) electrons. The van der Waals surface area contributed by atoms with Gasteiger partial charge in [0.15, 0.2) is 5.96 Å². The quantitative estimate of drug-likeness (QED) is 0.431. The number of aromatic nitrogens is 1. The average molecular weight is 357 g/mol. The molecule has 5 heteroatoms. The molecule has 0 aliphatic carbocycles. The number of rotatable bonds is 8. The average Bonchev–Trinajstić information content (AvgIpc) is 2.89. The Labute approximate surface area is 157 Å². The highest BCUT2D eigenvalue weighted by Gasteiger charge is 2.08. The third kappa shape index (κ3) is 6.21. The first-order valence-electron chi connectivity index (χ1n) is 9.50. The highest BCUT2D eigenvalue weighted by atomic mass is 16.5. The number of aryl methyl sites for hydroxylation is 4. The number of aliphatic imine (C=N–C) groups is 1. The zero-order valence-corrected chi connectivity index (χ0v) is 16.8. The van der Waals surface area contributed by atoms with Crippen LogP contribution in [0.25, 0.3) is 0 Å². The van der Waals surface area contributed by atoms with Crippen molar-refractivity contribution >= 4 is 5.96 Å². The van der Waals surface area contributed by atoms with Crippen LogP contribution in [0.5, 0.6) is 0 Å². The summed E-state index contributed by atoms with van der Waals surface area (Å²) in [7, 11) is 0. The van der Waals surface area contributed by atoms with Crippen molar-refractivity contribution in [2.45, 2.75) is 53.9 Å². The lowest BCUT2D eigenvalue weighted by molar-refractivity contribution is 0.392. The Bertz CT molecular complexity index is 694. The van der Waals surface area contributed by atoms with E-state index in [9.17, 15) is 0 Å². The van der Waals surface area contributed by atoms with Crippen molar-refractivity contribution in [3.8, 4) is 0 Å². The molecule has 0 unspecified atom stereocenters. The maximum absolute atomic E-state index is 5.21. The van der Waals surface area contributed by atoms with Gasteiger partial charge in [0.05, 0.1) is 5.69 Å². The molecule has 0 aliphatic heterocycles. The number of guanidine groups is 1. The molecular formula is C21H32N4O. The van der Waals surface area contributed by atoms with Crippen LogP contribution in [0.1, 0.15) is 47.1 Å². The predicted molar refractivity (Wildman–Crippen MR) is 108 cm³/mol. The number of nitrogens with zero attached hydrogens (tertiary/aromatic N) is 2. The molecule has 2 N–H and O–H groups in total. The molecule has 26 heavy (non-hydrogen) atoms. The van der Waals surface area contributed by atoms with Crippen molar-refractivity contribution in [3.05, 3.63) is 51.9 Å². The SMILES string of the molecule is CCNC(=NCCCc1c(C)noc1C)NCCc1cc(C)cc(C)c1. The Morgan fingerprint density at radius 2 is 1.77 bits per heavy atom. The molecule has 1 aromatic carbocycles. The van der Waals surface area contributed by atoms with Crippen molar-refractivity contribution in [1.29, 1.82) is 0 Å². The van der Waals surface area contributed by atoms with E-state index in [1.807, 2.05) is 13.8 Å². The Balaban J connectivity index is 1.80. The number of benzene rings is 1. The van der Waals surface area contributed by atoms with Crippen LogP contribution in [0.2, 0.25) is 0 Å². The summed E-state index contributed by atoms with van der Waals surface area (Å²) in [5.74, 6) is 1.81. The van der Waals surface area contributed by atoms with Crippen LogP contribution >= 0.6 is 0 Å². The zero-order chi connectivity index (χ0) is 18.9. The van der Waals surface area contributed by atoms with Gasteiger partial charge in [0.2, 0.25) is 0 Å². The second-order valence-electron chi connectivity index (χ2n) is 6.84. The molecule has 0 saturated carbocycles. The van der Waals surface area contributed by atoms with Gasteiger partial charge in [-0.05, 0) is 59.4 Å². The minimum absolute atomic E-state index is 0.781. The standard InChI is InChI=1S/C21H32N4O/c1-6-22-21(23-10-7-8-20-17(4)25-26-18(20)5)24-11-9-19-13-15(2)12-16(3)14-19/h12-14H,6-11H2,1-5H3,(H2,22,23,24). The molecule has 2 aromatic rings. The van der Waals surface area contributed by atoms with E-state index in [-0.39, 0.29) is 0 Å². The third-order valence-electron chi connectivity index (χ3n) is 4.37. The normalized spacial score (nSPS) is 11.7. The minimum atomic E-state index is 0.781. The van der Waals surface area contributed by atoms with Crippen molar-refractivity contribution in [1.82, 2.24) is 15.8 Å². The summed E-state index contributed by atoms with van der Waals surface area (Å²) in [5.41, 5.74) is 6.21. The monoisotopic (exact) mass is 356 g/mol. The van der Waals surface area contributed by atoms with Crippen LogP contribution in [0, 0.1) is 27.7 Å². The molecule has 0 bridgehead atoms. The molecule has 0 saturated heterocycles. The lowest BCUT2D eigenvalue weighted by atomic mass is 10.1. The van der Waals surface area contributed by atoms with Gasteiger partial charge in [-0.1, -0.05) is 34.5 Å². The fourth-order valence-corrected chi connectivity index (χ4v) is 3.19. The van der Waals surface area contributed by atoms with Gasteiger partial charge in [0, 0.05) is 25.2 Å². The van der Waals surface area contributed by atoms with Crippen LogP contribution in [-0.4, -0.2) is 30.8 Å². The fraction of sp³-hybridized carbons (Fsp3) is 0.524. The number of hydrogen-bond donors (Lipinski definition) is 2. The Kier molecular flexibility index (Phi) is 7.70. The molecule has 1 heterocycles. The van der Waals surface area contributed by atoms with E-state index in [0.717, 1.165) is 56.3 Å². The summed E-state index contributed by atoms with van der Waals surface area (Å²) in [5, 5.41) is 10.8. The van der Waals surface area contributed by atoms with Gasteiger partial charge >= 0.3 is 0 Å². The first-order valence-corrected chi connectivity index (χ1v) is 9.50. The first-order chi connectivity index (χ1) is 12.5. The van der Waals surface area contributed by atoms with E-state index in [4.69, 9.17) is 4.52 Å². The van der Waals surface area contributed by atoms with Gasteiger partial charge in [0.1, 0.15) is 5.76 Å². The van der Waals surface area contributed by atoms with Crippen molar-refractivity contribution in [2.24, 2.45) is 4.99 Å². The summed E-state index contributed by atoms with van der Waals surface area (Å²) in [4.78, 5) is 4.68. The highest BCUT2D eigenvalue weighted by Crippen LogP contribution is 2.14. The third-order valence-corrected chi connectivity index (χ3v) is 4.37.